The van der Waals surface area contributed by atoms with E-state index < -0.39 is 18.2 Å². The van der Waals surface area contributed by atoms with Crippen molar-refractivity contribution in [1.29, 1.82) is 5.41 Å². The van der Waals surface area contributed by atoms with Crippen molar-refractivity contribution in [1.82, 2.24) is 26.2 Å². The number of nitrogens with zero attached hydrogens (tertiary/aromatic N) is 1. The molecule has 0 bridgehead atoms. The molecule has 0 aromatic heterocycles. The molecule has 3 rings (SSSR count). The molecule has 0 heterocycles. The van der Waals surface area contributed by atoms with Crippen molar-refractivity contribution in [3.63, 3.8) is 0 Å². The van der Waals surface area contributed by atoms with Gasteiger partial charge in [-0.3, -0.25) is 15.0 Å². The minimum absolute atomic E-state index is 0. The van der Waals surface area contributed by atoms with Gasteiger partial charge < -0.3 is 46.1 Å². The third-order valence-electron chi connectivity index (χ3n) is 8.40. The number of benzene rings is 3. The fraction of sp³-hybridized carbons (Fsp3) is 0.439. The molecule has 0 radical (unpaired) electrons. The van der Waals surface area contributed by atoms with Crippen molar-refractivity contribution in [2.75, 3.05) is 39.3 Å². The zero-order chi connectivity index (χ0) is 39.4. The van der Waals surface area contributed by atoms with Crippen LogP contribution in [0.5, 0.6) is 0 Å². The van der Waals surface area contributed by atoms with Gasteiger partial charge in [0.15, 0.2) is 5.96 Å². The number of hydrogen-bond donors (Lipinski definition) is 6. The number of hydrogen-bond acceptors (Lipinski definition) is 8. The van der Waals surface area contributed by atoms with E-state index in [9.17, 15) is 19.2 Å². The summed E-state index contributed by atoms with van der Waals surface area (Å²) in [6.07, 6.45) is 4.16. The van der Waals surface area contributed by atoms with Crippen LogP contribution in [0.25, 0.3) is 0 Å². The van der Waals surface area contributed by atoms with Crippen molar-refractivity contribution >= 4 is 42.4 Å². The Kier molecular flexibility index (Phi) is 24.3. The zero-order valence-corrected chi connectivity index (χ0v) is 32.9. The molecule has 15 heteroatoms. The first kappa shape index (κ1) is 46.8. The minimum Gasteiger partial charge on any atom is -0.445 e. The Morgan fingerprint density at radius 3 is 1.77 bits per heavy atom. The number of alkyl carbamates (subject to hydrolysis) is 1. The molecule has 0 saturated carbocycles. The third-order valence-corrected chi connectivity index (χ3v) is 8.40. The molecule has 0 aliphatic carbocycles. The van der Waals surface area contributed by atoms with E-state index in [-0.39, 0.29) is 56.4 Å². The molecule has 0 saturated heterocycles. The smallest absolute Gasteiger partial charge is 0.410 e. The zero-order valence-electron chi connectivity index (χ0n) is 32.0. The van der Waals surface area contributed by atoms with Crippen molar-refractivity contribution < 1.29 is 33.4 Å². The Balaban J connectivity index is 0.0000108. The van der Waals surface area contributed by atoms with Gasteiger partial charge in [-0.15, -0.1) is 12.4 Å². The highest BCUT2D eigenvalue weighted by molar-refractivity contribution is 5.87. The van der Waals surface area contributed by atoms with Crippen LogP contribution in [0.15, 0.2) is 91.0 Å². The summed E-state index contributed by atoms with van der Waals surface area (Å²) < 4.78 is 16.7. The first-order valence-corrected chi connectivity index (χ1v) is 19.0. The normalized spacial score (nSPS) is 10.9. The average Bonchev–Trinajstić information content (AvgIpc) is 3.20. The molecule has 1 atom stereocenters. The first-order chi connectivity index (χ1) is 26.8. The third kappa shape index (κ3) is 21.5. The molecule has 14 nitrogen and oxygen atoms in total. The van der Waals surface area contributed by atoms with Gasteiger partial charge in [0.1, 0.15) is 19.3 Å². The van der Waals surface area contributed by atoms with Crippen LogP contribution in [0.4, 0.5) is 9.59 Å². The van der Waals surface area contributed by atoms with Crippen LogP contribution in [0, 0.1) is 5.41 Å². The van der Waals surface area contributed by atoms with E-state index in [0.29, 0.717) is 65.0 Å². The Bertz CT molecular complexity index is 1560. The van der Waals surface area contributed by atoms with Crippen LogP contribution in [-0.4, -0.2) is 80.2 Å². The van der Waals surface area contributed by atoms with Crippen molar-refractivity contribution in [3.05, 3.63) is 108 Å². The molecule has 0 fully saturated rings. The highest BCUT2D eigenvalue weighted by Crippen LogP contribution is 2.08. The number of nitrogens with one attached hydrogen (secondary N) is 5. The molecule has 56 heavy (non-hydrogen) atoms. The maximum absolute atomic E-state index is 13.2. The van der Waals surface area contributed by atoms with Gasteiger partial charge in [0.2, 0.25) is 11.8 Å². The molecule has 0 aliphatic heterocycles. The number of nitrogens with two attached hydrogens (primary N) is 1. The number of unbranched alkanes of at least 4 members (excludes halogenated alkanes) is 4. The van der Waals surface area contributed by atoms with Gasteiger partial charge in [0.25, 0.3) is 0 Å². The van der Waals surface area contributed by atoms with Gasteiger partial charge in [0, 0.05) is 39.1 Å². The predicted molar refractivity (Wildman–Crippen MR) is 218 cm³/mol. The van der Waals surface area contributed by atoms with Crippen LogP contribution in [-0.2, 0) is 43.6 Å². The Morgan fingerprint density at radius 1 is 0.625 bits per heavy atom. The average molecular weight is 796 g/mol. The van der Waals surface area contributed by atoms with Gasteiger partial charge in [0.05, 0.1) is 13.2 Å². The van der Waals surface area contributed by atoms with E-state index >= 15 is 0 Å². The number of rotatable bonds is 26. The Hall–Kier alpha value is -5.34. The van der Waals surface area contributed by atoms with Crippen LogP contribution in [0.2, 0.25) is 0 Å². The molecule has 0 spiro atoms. The largest absolute Gasteiger partial charge is 0.445 e. The molecule has 3 aromatic rings. The van der Waals surface area contributed by atoms with E-state index in [1.54, 1.807) is 4.90 Å². The molecule has 4 amide bonds. The van der Waals surface area contributed by atoms with E-state index in [0.717, 1.165) is 36.0 Å². The lowest BCUT2D eigenvalue weighted by Crippen LogP contribution is -2.49. The van der Waals surface area contributed by atoms with Crippen LogP contribution >= 0.6 is 12.4 Å². The summed E-state index contributed by atoms with van der Waals surface area (Å²) in [4.78, 5) is 52.9. The summed E-state index contributed by atoms with van der Waals surface area (Å²) in [6.45, 7) is 2.60. The summed E-state index contributed by atoms with van der Waals surface area (Å²) in [5.41, 5.74) is 8.01. The standard InChI is InChI=1S/C41H57N7O7.ClH/c42-39(43)45-25-13-2-1-12-23-37(49)47-36(32-53-29-33-17-6-3-7-18-33)38(50)44-24-14-15-27-48(41(52)55-31-35-21-10-5-11-22-35)28-16-26-46-40(51)54-30-34-19-8-4-9-20-34;/h3-11,17-22,36H,1-2,12-16,23-32H2,(H,44,50)(H,46,51)(H,47,49)(H4,42,43,45);1H/t36-;/m0./s1. The number of carbonyl (C=O) groups excluding carboxylic acids is 4. The number of guanidine groups is 1. The fourth-order valence-corrected chi connectivity index (χ4v) is 5.41. The summed E-state index contributed by atoms with van der Waals surface area (Å²) >= 11 is 0. The fourth-order valence-electron chi connectivity index (χ4n) is 5.41. The minimum atomic E-state index is -0.868. The number of halogens is 1. The Labute approximate surface area is 336 Å². The van der Waals surface area contributed by atoms with Gasteiger partial charge in [-0.1, -0.05) is 104 Å². The second kappa shape index (κ2) is 29.0. The van der Waals surface area contributed by atoms with Crippen molar-refractivity contribution in [2.24, 2.45) is 5.73 Å². The van der Waals surface area contributed by atoms with Crippen LogP contribution < -0.4 is 27.0 Å². The number of ether oxygens (including phenoxy) is 3. The van der Waals surface area contributed by atoms with Gasteiger partial charge in [-0.05, 0) is 48.8 Å². The topological polar surface area (TPSA) is 197 Å². The lowest BCUT2D eigenvalue weighted by molar-refractivity contribution is -0.130. The maximum atomic E-state index is 13.2. The van der Waals surface area contributed by atoms with Gasteiger partial charge in [-0.2, -0.15) is 0 Å². The van der Waals surface area contributed by atoms with Crippen LogP contribution in [0.3, 0.4) is 0 Å². The lowest BCUT2D eigenvalue weighted by Gasteiger charge is -2.23. The van der Waals surface area contributed by atoms with E-state index in [4.69, 9.17) is 25.4 Å². The summed E-state index contributed by atoms with van der Waals surface area (Å²) in [5.74, 6) is -0.630. The summed E-state index contributed by atoms with van der Waals surface area (Å²) in [7, 11) is 0. The summed E-state index contributed by atoms with van der Waals surface area (Å²) in [5, 5.41) is 18.4. The summed E-state index contributed by atoms with van der Waals surface area (Å²) in [6, 6.07) is 27.5. The van der Waals surface area contributed by atoms with E-state index in [1.165, 1.54) is 0 Å². The van der Waals surface area contributed by atoms with E-state index in [1.807, 2.05) is 91.0 Å². The van der Waals surface area contributed by atoms with Crippen LogP contribution in [0.1, 0.15) is 68.1 Å². The molecule has 0 aliphatic rings. The molecular weight excluding hydrogens is 738 g/mol. The highest BCUT2D eigenvalue weighted by atomic mass is 35.5. The molecule has 306 valence electrons. The molecule has 7 N–H and O–H groups in total. The number of amides is 4. The SMILES string of the molecule is Cl.N=C(N)NCCCCCCC(=O)N[C@@H](COCc1ccccc1)C(=O)NCCCCN(CCCNC(=O)OCc1ccccc1)C(=O)OCc1ccccc1. The van der Waals surface area contributed by atoms with Crippen molar-refractivity contribution in [2.45, 2.75) is 77.2 Å². The van der Waals surface area contributed by atoms with Crippen molar-refractivity contribution in [3.8, 4) is 0 Å². The second-order valence-electron chi connectivity index (χ2n) is 13.0. The first-order valence-electron chi connectivity index (χ1n) is 19.0. The second-order valence-corrected chi connectivity index (χ2v) is 13.0. The number of carbonyl (C=O) groups is 4. The molecule has 3 aromatic carbocycles. The Morgan fingerprint density at radius 2 is 1.14 bits per heavy atom. The maximum Gasteiger partial charge on any atom is 0.410 e. The molecular formula is C41H58ClN7O7. The highest BCUT2D eigenvalue weighted by Gasteiger charge is 2.21. The predicted octanol–water partition coefficient (Wildman–Crippen LogP) is 5.40. The lowest BCUT2D eigenvalue weighted by atomic mass is 10.1. The van der Waals surface area contributed by atoms with E-state index in [2.05, 4.69) is 21.3 Å². The monoisotopic (exact) mass is 795 g/mol. The van der Waals surface area contributed by atoms with Gasteiger partial charge >= 0.3 is 12.2 Å². The van der Waals surface area contributed by atoms with Gasteiger partial charge in [-0.25, -0.2) is 9.59 Å². The molecule has 0 unspecified atom stereocenters. The quantitative estimate of drug-likeness (QED) is 0.0350.